The molecule has 1 aromatic carbocycles. The van der Waals surface area contributed by atoms with Crippen LogP contribution in [0.1, 0.15) is 29.8 Å². The fraction of sp³-hybridized carbons (Fsp3) is 0.357. The van der Waals surface area contributed by atoms with Gasteiger partial charge in [0.25, 0.3) is 0 Å². The zero-order chi connectivity index (χ0) is 13.5. The van der Waals surface area contributed by atoms with Crippen LogP contribution in [-0.4, -0.2) is 19.1 Å². The minimum atomic E-state index is -0.321. The van der Waals surface area contributed by atoms with Crippen molar-refractivity contribution >= 4 is 11.7 Å². The molecular weight excluding hydrogens is 228 g/mol. The molecule has 98 valence electrons. The Morgan fingerprint density at radius 1 is 1.56 bits per heavy atom. The van der Waals surface area contributed by atoms with Gasteiger partial charge in [-0.05, 0) is 30.2 Å². The SMILES string of the molecule is C=CCOC(=O)c1ccc2c(c1)CCN2N.CC. The molecule has 0 aromatic heterocycles. The van der Waals surface area contributed by atoms with Crippen LogP contribution in [0.25, 0.3) is 0 Å². The van der Waals surface area contributed by atoms with Gasteiger partial charge in [0.1, 0.15) is 6.61 Å². The summed E-state index contributed by atoms with van der Waals surface area (Å²) in [6.45, 7) is 8.52. The number of hydrogen-bond donors (Lipinski definition) is 1. The lowest BCUT2D eigenvalue weighted by Crippen LogP contribution is -2.27. The highest BCUT2D eigenvalue weighted by Gasteiger charge is 2.18. The molecule has 0 unspecified atom stereocenters. The van der Waals surface area contributed by atoms with Crippen LogP contribution in [0.4, 0.5) is 5.69 Å². The Labute approximate surface area is 108 Å². The molecule has 0 saturated carbocycles. The largest absolute Gasteiger partial charge is 0.458 e. The second-order valence-electron chi connectivity index (χ2n) is 3.67. The lowest BCUT2D eigenvalue weighted by atomic mass is 10.1. The van der Waals surface area contributed by atoms with E-state index in [1.165, 1.54) is 0 Å². The van der Waals surface area contributed by atoms with E-state index in [0.717, 1.165) is 24.2 Å². The molecule has 4 heteroatoms. The van der Waals surface area contributed by atoms with E-state index in [1.807, 2.05) is 26.0 Å². The Morgan fingerprint density at radius 2 is 2.28 bits per heavy atom. The molecule has 0 atom stereocenters. The highest BCUT2D eigenvalue weighted by atomic mass is 16.5. The Bertz CT molecular complexity index is 430. The number of ether oxygens (including phenoxy) is 1. The molecular formula is C14H20N2O2. The summed E-state index contributed by atoms with van der Waals surface area (Å²) >= 11 is 0. The third kappa shape index (κ3) is 3.11. The van der Waals surface area contributed by atoms with Crippen molar-refractivity contribution in [1.82, 2.24) is 0 Å². The van der Waals surface area contributed by atoms with Crippen molar-refractivity contribution in [2.75, 3.05) is 18.2 Å². The van der Waals surface area contributed by atoms with Crippen molar-refractivity contribution in [3.05, 3.63) is 42.0 Å². The van der Waals surface area contributed by atoms with Gasteiger partial charge in [0.15, 0.2) is 0 Å². The van der Waals surface area contributed by atoms with Gasteiger partial charge in [-0.15, -0.1) is 0 Å². The number of rotatable bonds is 3. The number of benzene rings is 1. The van der Waals surface area contributed by atoms with E-state index >= 15 is 0 Å². The quantitative estimate of drug-likeness (QED) is 0.506. The summed E-state index contributed by atoms with van der Waals surface area (Å²) in [5, 5.41) is 1.69. The van der Waals surface area contributed by atoms with Crippen LogP contribution in [-0.2, 0) is 11.2 Å². The smallest absolute Gasteiger partial charge is 0.338 e. The molecule has 0 saturated heterocycles. The summed E-state index contributed by atoms with van der Waals surface area (Å²) in [6, 6.07) is 5.43. The first-order chi connectivity index (χ1) is 8.72. The third-order valence-electron chi connectivity index (χ3n) is 2.58. The molecule has 1 aliphatic rings. The fourth-order valence-corrected chi connectivity index (χ4v) is 1.77. The molecule has 0 spiro atoms. The van der Waals surface area contributed by atoms with Gasteiger partial charge in [0, 0.05) is 6.54 Å². The van der Waals surface area contributed by atoms with E-state index in [2.05, 4.69) is 6.58 Å². The number of nitrogens with two attached hydrogens (primary N) is 1. The van der Waals surface area contributed by atoms with Gasteiger partial charge < -0.3 is 9.75 Å². The van der Waals surface area contributed by atoms with Crippen molar-refractivity contribution in [3.8, 4) is 0 Å². The lowest BCUT2D eigenvalue weighted by Gasteiger charge is -2.11. The minimum absolute atomic E-state index is 0.235. The molecule has 2 rings (SSSR count). The first kappa shape index (κ1) is 14.3. The highest BCUT2D eigenvalue weighted by molar-refractivity contribution is 5.90. The van der Waals surface area contributed by atoms with Crippen LogP contribution in [0.2, 0.25) is 0 Å². The average Bonchev–Trinajstić information content (AvgIpc) is 2.79. The van der Waals surface area contributed by atoms with Gasteiger partial charge in [0.2, 0.25) is 0 Å². The minimum Gasteiger partial charge on any atom is -0.458 e. The van der Waals surface area contributed by atoms with Gasteiger partial charge in [-0.3, -0.25) is 0 Å². The molecule has 0 fully saturated rings. The molecule has 1 aliphatic heterocycles. The van der Waals surface area contributed by atoms with E-state index in [-0.39, 0.29) is 12.6 Å². The number of esters is 1. The molecule has 0 amide bonds. The van der Waals surface area contributed by atoms with Crippen molar-refractivity contribution in [1.29, 1.82) is 0 Å². The van der Waals surface area contributed by atoms with E-state index in [9.17, 15) is 4.79 Å². The van der Waals surface area contributed by atoms with Gasteiger partial charge in [-0.25, -0.2) is 10.6 Å². The van der Waals surface area contributed by atoms with Crippen molar-refractivity contribution in [2.45, 2.75) is 20.3 Å². The Kier molecular flexibility index (Phi) is 5.39. The van der Waals surface area contributed by atoms with Crippen LogP contribution < -0.4 is 10.9 Å². The number of carbonyl (C=O) groups excluding carboxylic acids is 1. The number of hydrogen-bond acceptors (Lipinski definition) is 4. The molecule has 0 aliphatic carbocycles. The summed E-state index contributed by atoms with van der Waals surface area (Å²) in [5.74, 6) is 5.44. The second kappa shape index (κ2) is 6.81. The van der Waals surface area contributed by atoms with Crippen molar-refractivity contribution in [3.63, 3.8) is 0 Å². The second-order valence-corrected chi connectivity index (χ2v) is 3.67. The van der Waals surface area contributed by atoms with Gasteiger partial charge in [-0.2, -0.15) is 0 Å². The number of hydrazine groups is 1. The summed E-state index contributed by atoms with van der Waals surface area (Å²) in [4.78, 5) is 11.6. The molecule has 1 aromatic rings. The number of nitrogens with zero attached hydrogens (tertiary/aromatic N) is 1. The first-order valence-electron chi connectivity index (χ1n) is 6.15. The number of fused-ring (bicyclic) bond motifs is 1. The Morgan fingerprint density at radius 3 is 2.94 bits per heavy atom. The Balaban J connectivity index is 0.000000771. The monoisotopic (exact) mass is 248 g/mol. The van der Waals surface area contributed by atoms with Crippen LogP contribution >= 0.6 is 0 Å². The highest BCUT2D eigenvalue weighted by Crippen LogP contribution is 2.26. The molecule has 1 heterocycles. The fourth-order valence-electron chi connectivity index (χ4n) is 1.77. The predicted octanol–water partition coefficient (Wildman–Crippen LogP) is 2.29. The van der Waals surface area contributed by atoms with E-state index in [4.69, 9.17) is 10.6 Å². The summed E-state index contributed by atoms with van der Waals surface area (Å²) in [7, 11) is 0. The van der Waals surface area contributed by atoms with Crippen LogP contribution in [0.3, 0.4) is 0 Å². The maximum absolute atomic E-state index is 11.6. The maximum Gasteiger partial charge on any atom is 0.338 e. The van der Waals surface area contributed by atoms with E-state index in [0.29, 0.717) is 5.56 Å². The zero-order valence-corrected chi connectivity index (χ0v) is 11.0. The maximum atomic E-state index is 11.6. The third-order valence-corrected chi connectivity index (χ3v) is 2.58. The normalized spacial score (nSPS) is 12.3. The molecule has 2 N–H and O–H groups in total. The van der Waals surface area contributed by atoms with Crippen LogP contribution in [0, 0.1) is 0 Å². The van der Waals surface area contributed by atoms with Crippen molar-refractivity contribution in [2.24, 2.45) is 5.84 Å². The number of anilines is 1. The van der Waals surface area contributed by atoms with Gasteiger partial charge in [0.05, 0.1) is 11.3 Å². The summed E-state index contributed by atoms with van der Waals surface area (Å²) in [5.41, 5.74) is 2.65. The zero-order valence-electron chi connectivity index (χ0n) is 11.0. The lowest BCUT2D eigenvalue weighted by molar-refractivity contribution is 0.0549. The molecule has 0 bridgehead atoms. The molecule has 0 radical (unpaired) electrons. The predicted molar refractivity (Wildman–Crippen MR) is 73.5 cm³/mol. The molecule has 4 nitrogen and oxygen atoms in total. The summed E-state index contributed by atoms with van der Waals surface area (Å²) in [6.07, 6.45) is 2.42. The molecule has 18 heavy (non-hydrogen) atoms. The van der Waals surface area contributed by atoms with Gasteiger partial charge >= 0.3 is 5.97 Å². The van der Waals surface area contributed by atoms with Crippen LogP contribution in [0.5, 0.6) is 0 Å². The standard InChI is InChI=1S/C12H14N2O2.C2H6/c1-2-7-16-12(15)10-3-4-11-9(8-10)5-6-14(11)13;1-2/h2-4,8H,1,5-7,13H2;1-2H3. The average molecular weight is 248 g/mol. The van der Waals surface area contributed by atoms with E-state index < -0.39 is 0 Å². The topological polar surface area (TPSA) is 55.6 Å². The van der Waals surface area contributed by atoms with Crippen LogP contribution in [0.15, 0.2) is 30.9 Å². The number of carbonyl (C=O) groups is 1. The van der Waals surface area contributed by atoms with E-state index in [1.54, 1.807) is 17.2 Å². The summed E-state index contributed by atoms with van der Waals surface area (Å²) < 4.78 is 4.96. The van der Waals surface area contributed by atoms with Gasteiger partial charge in [-0.1, -0.05) is 26.5 Å². The van der Waals surface area contributed by atoms with Crippen molar-refractivity contribution < 1.29 is 9.53 Å². The first-order valence-corrected chi connectivity index (χ1v) is 6.15. The Hall–Kier alpha value is -1.81.